The summed E-state index contributed by atoms with van der Waals surface area (Å²) in [5.41, 5.74) is 1.72. The van der Waals surface area contributed by atoms with Gasteiger partial charge in [-0.15, -0.1) is 0 Å². The number of hydrogen-bond donors (Lipinski definition) is 0. The van der Waals surface area contributed by atoms with Gasteiger partial charge in [0.25, 0.3) is 0 Å². The molecule has 1 saturated heterocycles. The number of rotatable bonds is 3. The van der Waals surface area contributed by atoms with E-state index in [0.29, 0.717) is 18.8 Å². The van der Waals surface area contributed by atoms with E-state index in [-0.39, 0.29) is 18.0 Å². The summed E-state index contributed by atoms with van der Waals surface area (Å²) in [5.74, 6) is -0.175. The lowest BCUT2D eigenvalue weighted by molar-refractivity contribution is 0.0246. The summed E-state index contributed by atoms with van der Waals surface area (Å²) in [6.45, 7) is 1.05. The van der Waals surface area contributed by atoms with Crippen molar-refractivity contribution >= 4 is 5.97 Å². The Hall–Kier alpha value is -2.13. The Bertz CT molecular complexity index is 565. The zero-order chi connectivity index (χ0) is 13.8. The minimum atomic E-state index is -0.290. The molecule has 2 aromatic carbocycles. The first-order valence-corrected chi connectivity index (χ1v) is 6.73. The molecule has 0 spiro atoms. The van der Waals surface area contributed by atoms with Crippen LogP contribution in [0, 0.1) is 0 Å². The molecule has 1 heterocycles. The van der Waals surface area contributed by atoms with Crippen LogP contribution in [0.3, 0.4) is 0 Å². The van der Waals surface area contributed by atoms with Crippen molar-refractivity contribution in [2.45, 2.75) is 12.0 Å². The number of carbonyl (C=O) groups excluding carboxylic acids is 1. The average Bonchev–Trinajstić information content (AvgIpc) is 2.97. The molecule has 0 amide bonds. The van der Waals surface area contributed by atoms with E-state index in [1.807, 2.05) is 48.5 Å². The molecule has 3 rings (SSSR count). The molecule has 0 aromatic heterocycles. The second-order valence-corrected chi connectivity index (χ2v) is 4.86. The third-order valence-corrected chi connectivity index (χ3v) is 3.52. The van der Waals surface area contributed by atoms with Crippen molar-refractivity contribution in [2.75, 3.05) is 13.2 Å². The van der Waals surface area contributed by atoms with Gasteiger partial charge in [-0.05, 0) is 17.7 Å². The monoisotopic (exact) mass is 268 g/mol. The lowest BCUT2D eigenvalue weighted by Gasteiger charge is -2.18. The van der Waals surface area contributed by atoms with Crippen LogP contribution in [-0.2, 0) is 9.47 Å². The van der Waals surface area contributed by atoms with Crippen LogP contribution in [0.4, 0.5) is 0 Å². The third-order valence-electron chi connectivity index (χ3n) is 3.52. The molecule has 102 valence electrons. The first kappa shape index (κ1) is 12.9. The van der Waals surface area contributed by atoms with Crippen LogP contribution < -0.4 is 0 Å². The van der Waals surface area contributed by atoms with E-state index in [1.165, 1.54) is 0 Å². The molecular weight excluding hydrogens is 252 g/mol. The Morgan fingerprint density at radius 3 is 2.30 bits per heavy atom. The molecule has 1 aliphatic heterocycles. The van der Waals surface area contributed by atoms with Crippen LogP contribution in [0.2, 0.25) is 0 Å². The van der Waals surface area contributed by atoms with E-state index in [2.05, 4.69) is 0 Å². The predicted molar refractivity (Wildman–Crippen MR) is 75.6 cm³/mol. The van der Waals surface area contributed by atoms with Gasteiger partial charge < -0.3 is 9.47 Å². The van der Waals surface area contributed by atoms with E-state index < -0.39 is 0 Å². The highest BCUT2D eigenvalue weighted by atomic mass is 16.6. The molecule has 3 heteroatoms. The van der Waals surface area contributed by atoms with Gasteiger partial charge in [-0.25, -0.2) is 4.79 Å². The summed E-state index contributed by atoms with van der Waals surface area (Å²) in [6.07, 6.45) is -0.217. The Kier molecular flexibility index (Phi) is 3.79. The van der Waals surface area contributed by atoms with Gasteiger partial charge in [0.15, 0.2) is 0 Å². The Morgan fingerprint density at radius 1 is 0.950 bits per heavy atom. The van der Waals surface area contributed by atoms with Crippen LogP contribution in [0.1, 0.15) is 21.8 Å². The van der Waals surface area contributed by atoms with Crippen molar-refractivity contribution in [3.05, 3.63) is 71.8 Å². The molecule has 0 bridgehead atoms. The quantitative estimate of drug-likeness (QED) is 0.803. The van der Waals surface area contributed by atoms with Crippen molar-refractivity contribution in [3.63, 3.8) is 0 Å². The minimum absolute atomic E-state index is 0.115. The van der Waals surface area contributed by atoms with Gasteiger partial charge in [-0.1, -0.05) is 48.5 Å². The summed E-state index contributed by atoms with van der Waals surface area (Å²) in [6, 6.07) is 19.1. The molecule has 2 aromatic rings. The molecule has 1 fully saturated rings. The van der Waals surface area contributed by atoms with E-state index in [4.69, 9.17) is 9.47 Å². The van der Waals surface area contributed by atoms with Crippen LogP contribution in [0.25, 0.3) is 0 Å². The van der Waals surface area contributed by atoms with E-state index >= 15 is 0 Å². The maximum atomic E-state index is 12.1. The smallest absolute Gasteiger partial charge is 0.338 e. The lowest BCUT2D eigenvalue weighted by Crippen LogP contribution is -2.24. The van der Waals surface area contributed by atoms with Gasteiger partial charge in [-0.2, -0.15) is 0 Å². The van der Waals surface area contributed by atoms with E-state index in [9.17, 15) is 4.79 Å². The summed E-state index contributed by atoms with van der Waals surface area (Å²) < 4.78 is 11.1. The summed E-state index contributed by atoms with van der Waals surface area (Å²) in [5, 5.41) is 0. The fourth-order valence-electron chi connectivity index (χ4n) is 2.44. The highest BCUT2D eigenvalue weighted by molar-refractivity contribution is 5.89. The number of benzene rings is 2. The predicted octanol–water partition coefficient (Wildman–Crippen LogP) is 3.03. The van der Waals surface area contributed by atoms with Crippen molar-refractivity contribution in [3.8, 4) is 0 Å². The number of esters is 1. The van der Waals surface area contributed by atoms with Crippen molar-refractivity contribution in [2.24, 2.45) is 0 Å². The second-order valence-electron chi connectivity index (χ2n) is 4.86. The first-order chi connectivity index (χ1) is 9.84. The van der Waals surface area contributed by atoms with Gasteiger partial charge >= 0.3 is 5.97 Å². The molecule has 0 N–H and O–H groups in total. The van der Waals surface area contributed by atoms with E-state index in [1.54, 1.807) is 12.1 Å². The first-order valence-electron chi connectivity index (χ1n) is 6.73. The fraction of sp³-hybridized carbons (Fsp3) is 0.235. The standard InChI is InChI=1S/C17H16O3/c18-17(14-9-5-2-6-10-14)20-16-12-19-11-15(16)13-7-3-1-4-8-13/h1-10,15-16H,11-12H2/t15-,16-/m0/s1. The molecular formula is C17H16O3. The van der Waals surface area contributed by atoms with Crippen molar-refractivity contribution in [1.29, 1.82) is 0 Å². The number of carbonyl (C=O) groups is 1. The number of ether oxygens (including phenoxy) is 2. The lowest BCUT2D eigenvalue weighted by atomic mass is 9.96. The molecule has 0 saturated carbocycles. The zero-order valence-corrected chi connectivity index (χ0v) is 11.1. The van der Waals surface area contributed by atoms with Crippen LogP contribution in [0.15, 0.2) is 60.7 Å². The summed E-state index contributed by atoms with van der Waals surface area (Å²) in [7, 11) is 0. The average molecular weight is 268 g/mol. The maximum Gasteiger partial charge on any atom is 0.338 e. The van der Waals surface area contributed by atoms with Crippen molar-refractivity contribution < 1.29 is 14.3 Å². The Balaban J connectivity index is 1.72. The molecule has 3 nitrogen and oxygen atoms in total. The summed E-state index contributed by atoms with van der Waals surface area (Å²) in [4.78, 5) is 12.1. The Morgan fingerprint density at radius 2 is 1.60 bits per heavy atom. The van der Waals surface area contributed by atoms with Gasteiger partial charge in [0.05, 0.1) is 18.8 Å². The molecule has 1 aliphatic rings. The van der Waals surface area contributed by atoms with Gasteiger partial charge in [0.1, 0.15) is 6.10 Å². The normalized spacial score (nSPS) is 21.6. The minimum Gasteiger partial charge on any atom is -0.456 e. The topological polar surface area (TPSA) is 35.5 Å². The fourth-order valence-corrected chi connectivity index (χ4v) is 2.44. The van der Waals surface area contributed by atoms with Crippen molar-refractivity contribution in [1.82, 2.24) is 0 Å². The van der Waals surface area contributed by atoms with Crippen LogP contribution >= 0.6 is 0 Å². The molecule has 0 unspecified atom stereocenters. The second kappa shape index (κ2) is 5.88. The van der Waals surface area contributed by atoms with Crippen LogP contribution in [-0.4, -0.2) is 25.3 Å². The Labute approximate surface area is 118 Å². The van der Waals surface area contributed by atoms with E-state index in [0.717, 1.165) is 5.56 Å². The largest absolute Gasteiger partial charge is 0.456 e. The third kappa shape index (κ3) is 2.73. The van der Waals surface area contributed by atoms with Gasteiger partial charge in [0.2, 0.25) is 0 Å². The summed E-state index contributed by atoms with van der Waals surface area (Å²) >= 11 is 0. The maximum absolute atomic E-state index is 12.1. The van der Waals surface area contributed by atoms with Gasteiger partial charge in [0, 0.05) is 5.92 Å². The molecule has 0 aliphatic carbocycles. The SMILES string of the molecule is O=C(O[C@H]1COC[C@H]1c1ccccc1)c1ccccc1. The highest BCUT2D eigenvalue weighted by Gasteiger charge is 2.32. The number of hydrogen-bond acceptors (Lipinski definition) is 3. The van der Waals surface area contributed by atoms with Crippen LogP contribution in [0.5, 0.6) is 0 Å². The zero-order valence-electron chi connectivity index (χ0n) is 11.1. The highest BCUT2D eigenvalue weighted by Crippen LogP contribution is 2.28. The molecule has 0 radical (unpaired) electrons. The molecule has 20 heavy (non-hydrogen) atoms. The molecule has 2 atom stereocenters. The van der Waals surface area contributed by atoms with Gasteiger partial charge in [-0.3, -0.25) is 0 Å².